The van der Waals surface area contributed by atoms with Crippen molar-refractivity contribution >= 4 is 22.4 Å². The number of rotatable bonds is 4. The second-order valence-corrected chi connectivity index (χ2v) is 6.57. The Bertz CT molecular complexity index is 647. The van der Waals surface area contributed by atoms with Crippen LogP contribution in [0.3, 0.4) is 0 Å². The quantitative estimate of drug-likeness (QED) is 0.882. The highest BCUT2D eigenvalue weighted by Crippen LogP contribution is 2.29. The highest BCUT2D eigenvalue weighted by Gasteiger charge is 2.20. The second kappa shape index (κ2) is 6.91. The standard InChI is InChI=1S/C19H24N2O/c1-14(11-15-5-3-2-4-6-15)19(22)21-18-8-7-16-9-10-20-13-17(16)12-18/h7-10,12-15H,2-6,11H2,1H3,(H,21,22)/t14-/m1/s1. The minimum absolute atomic E-state index is 0.0766. The van der Waals surface area contributed by atoms with Crippen LogP contribution >= 0.6 is 0 Å². The molecule has 1 fully saturated rings. The van der Waals surface area contributed by atoms with Crippen LogP contribution in [0.1, 0.15) is 45.4 Å². The number of nitrogens with one attached hydrogen (secondary N) is 1. The number of carbonyl (C=O) groups is 1. The fourth-order valence-electron chi connectivity index (χ4n) is 3.46. The number of hydrogen-bond acceptors (Lipinski definition) is 2. The molecule has 1 aliphatic rings. The Kier molecular flexibility index (Phi) is 4.71. The van der Waals surface area contributed by atoms with E-state index in [0.29, 0.717) is 0 Å². The smallest absolute Gasteiger partial charge is 0.227 e. The molecule has 0 saturated heterocycles. The third-order valence-electron chi connectivity index (χ3n) is 4.77. The first-order chi connectivity index (χ1) is 10.7. The van der Waals surface area contributed by atoms with Gasteiger partial charge in [0.25, 0.3) is 0 Å². The van der Waals surface area contributed by atoms with E-state index in [4.69, 9.17) is 0 Å². The molecule has 3 heteroatoms. The maximum absolute atomic E-state index is 12.4. The summed E-state index contributed by atoms with van der Waals surface area (Å²) in [4.78, 5) is 16.5. The Hall–Kier alpha value is -1.90. The summed E-state index contributed by atoms with van der Waals surface area (Å²) in [6, 6.07) is 7.96. The summed E-state index contributed by atoms with van der Waals surface area (Å²) in [5.41, 5.74) is 0.862. The fraction of sp³-hybridized carbons (Fsp3) is 0.474. The Labute approximate surface area is 132 Å². The Morgan fingerprint density at radius 1 is 1.23 bits per heavy atom. The SMILES string of the molecule is C[C@H](CC1CCCCC1)C(=O)Nc1ccc2ccncc2c1. The van der Waals surface area contributed by atoms with Gasteiger partial charge in [-0.15, -0.1) is 0 Å². The van der Waals surface area contributed by atoms with Gasteiger partial charge in [-0.2, -0.15) is 0 Å². The van der Waals surface area contributed by atoms with E-state index in [1.165, 1.54) is 32.1 Å². The number of pyridine rings is 1. The zero-order valence-electron chi connectivity index (χ0n) is 13.2. The molecule has 0 aliphatic heterocycles. The summed E-state index contributed by atoms with van der Waals surface area (Å²) in [6.07, 6.45) is 11.2. The molecule has 1 amide bonds. The number of hydrogen-bond donors (Lipinski definition) is 1. The number of nitrogens with zero attached hydrogens (tertiary/aromatic N) is 1. The van der Waals surface area contributed by atoms with E-state index >= 15 is 0 Å². The number of carbonyl (C=O) groups excluding carboxylic acids is 1. The minimum Gasteiger partial charge on any atom is -0.326 e. The molecule has 22 heavy (non-hydrogen) atoms. The van der Waals surface area contributed by atoms with E-state index in [9.17, 15) is 4.79 Å². The van der Waals surface area contributed by atoms with Crippen LogP contribution in [-0.4, -0.2) is 10.9 Å². The number of fused-ring (bicyclic) bond motifs is 1. The molecule has 1 aliphatic carbocycles. The number of aromatic nitrogens is 1. The lowest BCUT2D eigenvalue weighted by Crippen LogP contribution is -2.23. The van der Waals surface area contributed by atoms with Crippen molar-refractivity contribution in [3.05, 3.63) is 36.7 Å². The van der Waals surface area contributed by atoms with Gasteiger partial charge in [-0.3, -0.25) is 9.78 Å². The molecule has 1 N–H and O–H groups in total. The van der Waals surface area contributed by atoms with Gasteiger partial charge in [0.05, 0.1) is 0 Å². The van der Waals surface area contributed by atoms with Crippen molar-refractivity contribution in [2.45, 2.75) is 45.4 Å². The number of benzene rings is 1. The van der Waals surface area contributed by atoms with Gasteiger partial charge >= 0.3 is 0 Å². The van der Waals surface area contributed by atoms with Crippen LogP contribution in [0.4, 0.5) is 5.69 Å². The molecule has 0 radical (unpaired) electrons. The van der Waals surface area contributed by atoms with E-state index < -0.39 is 0 Å². The van der Waals surface area contributed by atoms with Gasteiger partial charge in [-0.1, -0.05) is 45.1 Å². The molecule has 0 spiro atoms. The maximum Gasteiger partial charge on any atom is 0.227 e. The van der Waals surface area contributed by atoms with E-state index in [2.05, 4.69) is 10.3 Å². The molecule has 1 aromatic carbocycles. The van der Waals surface area contributed by atoms with Crippen LogP contribution in [0.2, 0.25) is 0 Å². The summed E-state index contributed by atoms with van der Waals surface area (Å²) < 4.78 is 0. The highest BCUT2D eigenvalue weighted by molar-refractivity contribution is 5.95. The van der Waals surface area contributed by atoms with Crippen molar-refractivity contribution < 1.29 is 4.79 Å². The van der Waals surface area contributed by atoms with Crippen molar-refractivity contribution in [1.82, 2.24) is 4.98 Å². The molecule has 2 aromatic rings. The van der Waals surface area contributed by atoms with Crippen LogP contribution < -0.4 is 5.32 Å². The van der Waals surface area contributed by atoms with Gasteiger partial charge < -0.3 is 5.32 Å². The summed E-state index contributed by atoms with van der Waals surface area (Å²) in [7, 11) is 0. The summed E-state index contributed by atoms with van der Waals surface area (Å²) in [6.45, 7) is 2.05. The Balaban J connectivity index is 1.61. The average Bonchev–Trinajstić information content (AvgIpc) is 2.55. The van der Waals surface area contributed by atoms with Crippen molar-refractivity contribution in [2.75, 3.05) is 5.32 Å². The minimum atomic E-state index is 0.0766. The maximum atomic E-state index is 12.4. The largest absolute Gasteiger partial charge is 0.326 e. The first-order valence-electron chi connectivity index (χ1n) is 8.37. The van der Waals surface area contributed by atoms with Gasteiger partial charge in [0.1, 0.15) is 0 Å². The van der Waals surface area contributed by atoms with Gasteiger partial charge in [-0.25, -0.2) is 0 Å². The highest BCUT2D eigenvalue weighted by atomic mass is 16.1. The normalized spacial score (nSPS) is 17.3. The lowest BCUT2D eigenvalue weighted by atomic mass is 9.83. The van der Waals surface area contributed by atoms with Crippen LogP contribution in [0.25, 0.3) is 10.8 Å². The first kappa shape index (κ1) is 15.0. The molecular formula is C19H24N2O. The molecule has 1 aromatic heterocycles. The zero-order valence-corrected chi connectivity index (χ0v) is 13.2. The van der Waals surface area contributed by atoms with E-state index in [-0.39, 0.29) is 11.8 Å². The van der Waals surface area contributed by atoms with Gasteiger partial charge in [0.15, 0.2) is 0 Å². The first-order valence-corrected chi connectivity index (χ1v) is 8.37. The third-order valence-corrected chi connectivity index (χ3v) is 4.77. The molecule has 116 valence electrons. The molecular weight excluding hydrogens is 272 g/mol. The van der Waals surface area contributed by atoms with E-state index in [1.807, 2.05) is 37.4 Å². The Morgan fingerprint density at radius 3 is 2.86 bits per heavy atom. The van der Waals surface area contributed by atoms with Gasteiger partial charge in [-0.05, 0) is 35.9 Å². The van der Waals surface area contributed by atoms with Crippen molar-refractivity contribution in [3.63, 3.8) is 0 Å². The average molecular weight is 296 g/mol. The lowest BCUT2D eigenvalue weighted by molar-refractivity contribution is -0.120. The zero-order chi connectivity index (χ0) is 15.4. The summed E-state index contributed by atoms with van der Waals surface area (Å²) in [5, 5.41) is 5.25. The summed E-state index contributed by atoms with van der Waals surface area (Å²) in [5.74, 6) is 0.941. The van der Waals surface area contributed by atoms with Crippen molar-refractivity contribution in [2.24, 2.45) is 11.8 Å². The van der Waals surface area contributed by atoms with E-state index in [1.54, 1.807) is 6.20 Å². The molecule has 0 bridgehead atoms. The lowest BCUT2D eigenvalue weighted by Gasteiger charge is -2.24. The number of anilines is 1. The fourth-order valence-corrected chi connectivity index (χ4v) is 3.46. The van der Waals surface area contributed by atoms with E-state index in [0.717, 1.165) is 28.8 Å². The molecule has 3 rings (SSSR count). The van der Waals surface area contributed by atoms with Gasteiger partial charge in [0, 0.05) is 29.4 Å². The molecule has 1 atom stereocenters. The third kappa shape index (κ3) is 3.65. The monoisotopic (exact) mass is 296 g/mol. The predicted molar refractivity (Wildman–Crippen MR) is 90.7 cm³/mol. The second-order valence-electron chi connectivity index (χ2n) is 6.57. The van der Waals surface area contributed by atoms with Crippen LogP contribution in [0.5, 0.6) is 0 Å². The molecule has 0 unspecified atom stereocenters. The van der Waals surface area contributed by atoms with Gasteiger partial charge in [0.2, 0.25) is 5.91 Å². The molecule has 3 nitrogen and oxygen atoms in total. The van der Waals surface area contributed by atoms with Crippen LogP contribution in [-0.2, 0) is 4.79 Å². The van der Waals surface area contributed by atoms with Crippen LogP contribution in [0.15, 0.2) is 36.7 Å². The van der Waals surface area contributed by atoms with Crippen LogP contribution in [0, 0.1) is 11.8 Å². The number of amides is 1. The van der Waals surface area contributed by atoms with Crippen molar-refractivity contribution in [1.29, 1.82) is 0 Å². The van der Waals surface area contributed by atoms with Crippen molar-refractivity contribution in [3.8, 4) is 0 Å². The summed E-state index contributed by atoms with van der Waals surface area (Å²) >= 11 is 0. The topological polar surface area (TPSA) is 42.0 Å². The molecule has 1 saturated carbocycles. The Morgan fingerprint density at radius 2 is 2.05 bits per heavy atom. The predicted octanol–water partition coefficient (Wildman–Crippen LogP) is 4.78. The molecule has 1 heterocycles.